The predicted octanol–water partition coefficient (Wildman–Crippen LogP) is 13.9. The number of nitrogens with one attached hydrogen (secondary N) is 3. The zero-order valence-electron chi connectivity index (χ0n) is 37.4. The van der Waals surface area contributed by atoms with Gasteiger partial charge < -0.3 is 15.0 Å². The number of imidazole rings is 3. The SMILES string of the molecule is C=C(c1cnc[nH]1)C(c1cccc(C)c1)c1cccc(C)c1.C=C(c1cnc[nH]1)C(c1ccccc1C)c1ccccc1C.c1ccc(C(CCc2cnc[nH]2)c2ccccc2)cc1. The molecule has 6 nitrogen and oxygen atoms in total. The highest BCUT2D eigenvalue weighted by Gasteiger charge is 2.23. The maximum Gasteiger partial charge on any atom is 0.0924 e. The number of aromatic nitrogens is 6. The largest absolute Gasteiger partial charge is 0.348 e. The Kier molecular flexibility index (Phi) is 15.3. The molecule has 0 bridgehead atoms. The second kappa shape index (κ2) is 22.0. The van der Waals surface area contributed by atoms with Gasteiger partial charge in [-0.1, -0.05) is 182 Å². The van der Waals surface area contributed by atoms with Gasteiger partial charge in [-0.15, -0.1) is 0 Å². The van der Waals surface area contributed by atoms with Gasteiger partial charge in [0.05, 0.1) is 42.8 Å². The van der Waals surface area contributed by atoms with Gasteiger partial charge in [-0.2, -0.15) is 0 Å². The molecule has 6 heteroatoms. The number of hydrogen-bond acceptors (Lipinski definition) is 3. The van der Waals surface area contributed by atoms with Crippen molar-refractivity contribution >= 4 is 11.1 Å². The average molecular weight is 839 g/mol. The number of nitrogens with zero attached hydrogens (tertiary/aromatic N) is 3. The quantitative estimate of drug-likeness (QED) is 0.108. The Morgan fingerprint density at radius 2 is 0.875 bits per heavy atom. The van der Waals surface area contributed by atoms with E-state index in [9.17, 15) is 0 Å². The molecule has 3 aromatic heterocycles. The first-order valence-electron chi connectivity index (χ1n) is 21.9. The minimum atomic E-state index is 0.125. The summed E-state index contributed by atoms with van der Waals surface area (Å²) in [5.41, 5.74) is 18.1. The van der Waals surface area contributed by atoms with Crippen LogP contribution in [0.2, 0.25) is 0 Å². The molecule has 0 radical (unpaired) electrons. The van der Waals surface area contributed by atoms with Gasteiger partial charge in [0.2, 0.25) is 0 Å². The van der Waals surface area contributed by atoms with Gasteiger partial charge in [0.15, 0.2) is 0 Å². The standard InChI is InChI=1S/2C20H20N2.C18H18N2/c1-14-6-4-8-17(10-14)20(16(3)19-12-21-13-22-19)18-9-5-7-15(2)11-18;1-14-8-4-6-10-17(14)20(16(3)19-12-21-13-22-19)18-11-7-5-9-15(18)2;1-3-7-15(8-4-1)18(16-9-5-2-6-10-16)12-11-17-13-19-14-20-17/h2*4-13,20H,3H2,1-2H3,(H,21,22);1-10,13-14,18H,11-12H2,(H,19,20). The van der Waals surface area contributed by atoms with Crippen molar-refractivity contribution in [3.8, 4) is 0 Å². The molecule has 3 heterocycles. The molecule has 3 N–H and O–H groups in total. The van der Waals surface area contributed by atoms with Gasteiger partial charge in [-0.05, 0) is 96.2 Å². The van der Waals surface area contributed by atoms with Crippen LogP contribution in [-0.4, -0.2) is 29.9 Å². The van der Waals surface area contributed by atoms with E-state index in [2.05, 4.69) is 228 Å². The maximum absolute atomic E-state index is 4.36. The van der Waals surface area contributed by atoms with Crippen LogP contribution in [0.25, 0.3) is 11.1 Å². The lowest BCUT2D eigenvalue weighted by molar-refractivity contribution is 0.706. The predicted molar refractivity (Wildman–Crippen MR) is 265 cm³/mol. The van der Waals surface area contributed by atoms with E-state index in [-0.39, 0.29) is 11.8 Å². The molecule has 0 aliphatic rings. The lowest BCUT2D eigenvalue weighted by Crippen LogP contribution is -2.07. The van der Waals surface area contributed by atoms with E-state index in [0.29, 0.717) is 5.92 Å². The van der Waals surface area contributed by atoms with E-state index in [1.165, 1.54) is 61.3 Å². The van der Waals surface area contributed by atoms with Crippen LogP contribution in [0.3, 0.4) is 0 Å². The van der Waals surface area contributed by atoms with E-state index >= 15 is 0 Å². The zero-order chi connectivity index (χ0) is 44.7. The number of hydrogen-bond donors (Lipinski definition) is 3. The van der Waals surface area contributed by atoms with Gasteiger partial charge >= 0.3 is 0 Å². The number of aryl methyl sites for hydroxylation is 5. The van der Waals surface area contributed by atoms with Crippen LogP contribution in [0.1, 0.15) is 96.9 Å². The Labute approximate surface area is 379 Å². The third-order valence-electron chi connectivity index (χ3n) is 11.8. The van der Waals surface area contributed by atoms with Crippen LogP contribution in [0, 0.1) is 27.7 Å². The van der Waals surface area contributed by atoms with Gasteiger partial charge in [-0.25, -0.2) is 15.0 Å². The highest BCUT2D eigenvalue weighted by Crippen LogP contribution is 2.39. The lowest BCUT2D eigenvalue weighted by Gasteiger charge is -2.23. The molecular formula is C58H58N6. The summed E-state index contributed by atoms with van der Waals surface area (Å²) in [4.78, 5) is 21.9. The van der Waals surface area contributed by atoms with Crippen molar-refractivity contribution in [3.05, 3.63) is 281 Å². The van der Waals surface area contributed by atoms with Crippen molar-refractivity contribution in [3.63, 3.8) is 0 Å². The summed E-state index contributed by atoms with van der Waals surface area (Å²) >= 11 is 0. The Morgan fingerprint density at radius 1 is 0.453 bits per heavy atom. The average Bonchev–Trinajstić information content (AvgIpc) is 4.16. The Balaban J connectivity index is 0.000000144. The third-order valence-corrected chi connectivity index (χ3v) is 11.8. The van der Waals surface area contributed by atoms with Crippen LogP contribution in [0.4, 0.5) is 0 Å². The topological polar surface area (TPSA) is 86.0 Å². The number of aromatic amines is 3. The van der Waals surface area contributed by atoms with Crippen molar-refractivity contribution in [1.82, 2.24) is 29.9 Å². The van der Waals surface area contributed by atoms with Gasteiger partial charge in [0.25, 0.3) is 0 Å². The monoisotopic (exact) mass is 838 g/mol. The first-order chi connectivity index (χ1) is 31.3. The van der Waals surface area contributed by atoms with Crippen LogP contribution in [0.5, 0.6) is 0 Å². The van der Waals surface area contributed by atoms with E-state index in [0.717, 1.165) is 35.4 Å². The van der Waals surface area contributed by atoms with Crippen LogP contribution in [-0.2, 0) is 6.42 Å². The van der Waals surface area contributed by atoms with Crippen molar-refractivity contribution in [1.29, 1.82) is 0 Å². The van der Waals surface area contributed by atoms with E-state index in [1.807, 2.05) is 18.6 Å². The minimum Gasteiger partial charge on any atom is -0.348 e. The number of rotatable bonds is 13. The molecule has 9 aromatic rings. The molecule has 64 heavy (non-hydrogen) atoms. The molecule has 0 amide bonds. The zero-order valence-corrected chi connectivity index (χ0v) is 37.4. The second-order valence-electron chi connectivity index (χ2n) is 16.4. The number of allylic oxidation sites excluding steroid dienone is 2. The van der Waals surface area contributed by atoms with Crippen LogP contribution in [0.15, 0.2) is 208 Å². The molecule has 6 aromatic carbocycles. The molecule has 0 atom stereocenters. The Morgan fingerprint density at radius 3 is 1.30 bits per heavy atom. The highest BCUT2D eigenvalue weighted by atomic mass is 14.9. The fourth-order valence-electron chi connectivity index (χ4n) is 8.45. The Bertz CT molecular complexity index is 2670. The first kappa shape index (κ1) is 44.5. The van der Waals surface area contributed by atoms with Crippen LogP contribution < -0.4 is 0 Å². The van der Waals surface area contributed by atoms with E-state index in [1.54, 1.807) is 19.0 Å². The molecule has 0 saturated carbocycles. The van der Waals surface area contributed by atoms with Crippen molar-refractivity contribution in [2.75, 3.05) is 0 Å². The molecule has 0 saturated heterocycles. The summed E-state index contributed by atoms with van der Waals surface area (Å²) in [6.07, 6.45) is 12.8. The summed E-state index contributed by atoms with van der Waals surface area (Å²) in [7, 11) is 0. The third kappa shape index (κ3) is 11.5. The Hall–Kier alpha value is -7.57. The smallest absolute Gasteiger partial charge is 0.0924 e. The van der Waals surface area contributed by atoms with Gasteiger partial charge in [-0.3, -0.25) is 0 Å². The number of benzene rings is 6. The summed E-state index contributed by atoms with van der Waals surface area (Å²) < 4.78 is 0. The summed E-state index contributed by atoms with van der Waals surface area (Å²) in [5, 5.41) is 0. The summed E-state index contributed by atoms with van der Waals surface area (Å²) in [5.74, 6) is 0.684. The molecule has 0 fully saturated rings. The van der Waals surface area contributed by atoms with Crippen molar-refractivity contribution < 1.29 is 0 Å². The fraction of sp³-hybridized carbons (Fsp3) is 0.155. The first-order valence-corrected chi connectivity index (χ1v) is 21.9. The molecular weight excluding hydrogens is 781 g/mol. The number of H-pyrrole nitrogens is 3. The van der Waals surface area contributed by atoms with Gasteiger partial charge in [0, 0.05) is 29.6 Å². The van der Waals surface area contributed by atoms with Gasteiger partial charge in [0.1, 0.15) is 0 Å². The summed E-state index contributed by atoms with van der Waals surface area (Å²) in [6, 6.07) is 55.7. The molecule has 0 unspecified atom stereocenters. The molecule has 320 valence electrons. The fourth-order valence-corrected chi connectivity index (χ4v) is 8.45. The van der Waals surface area contributed by atoms with Crippen molar-refractivity contribution in [2.24, 2.45) is 0 Å². The summed E-state index contributed by atoms with van der Waals surface area (Å²) in [6.45, 7) is 17.2. The molecule has 0 aliphatic heterocycles. The minimum absolute atomic E-state index is 0.125. The highest BCUT2D eigenvalue weighted by molar-refractivity contribution is 5.73. The van der Waals surface area contributed by atoms with Crippen molar-refractivity contribution in [2.45, 2.75) is 58.3 Å². The molecule has 9 rings (SSSR count). The maximum atomic E-state index is 4.36. The molecule has 0 spiro atoms. The second-order valence-corrected chi connectivity index (χ2v) is 16.4. The van der Waals surface area contributed by atoms with E-state index in [4.69, 9.17) is 0 Å². The molecule has 0 aliphatic carbocycles. The normalized spacial score (nSPS) is 10.9. The van der Waals surface area contributed by atoms with E-state index < -0.39 is 0 Å². The lowest BCUT2D eigenvalue weighted by atomic mass is 9.80. The van der Waals surface area contributed by atoms with Crippen LogP contribution >= 0.6 is 0 Å².